The lowest BCUT2D eigenvalue weighted by Gasteiger charge is -2.32. The van der Waals surface area contributed by atoms with Crippen LogP contribution in [0.25, 0.3) is 16.6 Å². The van der Waals surface area contributed by atoms with Gasteiger partial charge in [0.2, 0.25) is 0 Å². The van der Waals surface area contributed by atoms with Crippen molar-refractivity contribution >= 4 is 34.2 Å². The normalized spacial score (nSPS) is 11.8. The zero-order valence-corrected chi connectivity index (χ0v) is 23.4. The number of fused-ring (bicyclic) bond motifs is 1. The fourth-order valence-corrected chi connectivity index (χ4v) is 4.93. The van der Waals surface area contributed by atoms with Gasteiger partial charge in [-0.2, -0.15) is 0 Å². The van der Waals surface area contributed by atoms with Gasteiger partial charge in [0.15, 0.2) is 0 Å². The van der Waals surface area contributed by atoms with Gasteiger partial charge in [-0.15, -0.1) is 0 Å². The molecular weight excluding hydrogens is 512 g/mol. The number of aromatic nitrogens is 2. The molecule has 0 aliphatic carbocycles. The van der Waals surface area contributed by atoms with E-state index in [9.17, 15) is 9.59 Å². The van der Waals surface area contributed by atoms with Crippen molar-refractivity contribution in [2.45, 2.75) is 52.0 Å². The molecule has 0 aliphatic heterocycles. The second kappa shape index (κ2) is 13.3. The summed E-state index contributed by atoms with van der Waals surface area (Å²) < 4.78 is 7.23. The molecule has 1 aromatic heterocycles. The standard InChI is InChI=1S/C31H35ClN4O3/c1-4-6-7-12-21-35(31(38)33-23-19-17-22(32)18-20-23)26(5-2)29-34-25-14-9-8-13-24(25)30(37)36(29)27-15-10-11-16-28(27)39-3/h8-11,13-20,26H,4-7,12,21H2,1-3H3,(H,33,38). The van der Waals surface area contributed by atoms with Crippen LogP contribution in [0.4, 0.5) is 10.5 Å². The van der Waals surface area contributed by atoms with Crippen LogP contribution in [0, 0.1) is 0 Å². The van der Waals surface area contributed by atoms with E-state index in [1.54, 1.807) is 46.9 Å². The Morgan fingerprint density at radius 3 is 2.44 bits per heavy atom. The third-order valence-electron chi connectivity index (χ3n) is 6.80. The summed E-state index contributed by atoms with van der Waals surface area (Å²) in [5.41, 5.74) is 1.61. The van der Waals surface area contributed by atoms with Crippen LogP contribution in [0.2, 0.25) is 5.02 Å². The van der Waals surface area contributed by atoms with Gasteiger partial charge in [0.1, 0.15) is 11.6 Å². The predicted molar refractivity (Wildman–Crippen MR) is 158 cm³/mol. The number of methoxy groups -OCH3 is 1. The molecule has 0 saturated heterocycles. The lowest BCUT2D eigenvalue weighted by molar-refractivity contribution is 0.179. The monoisotopic (exact) mass is 546 g/mol. The van der Waals surface area contributed by atoms with Crippen LogP contribution in [-0.4, -0.2) is 34.1 Å². The van der Waals surface area contributed by atoms with Crippen LogP contribution in [0.15, 0.2) is 77.6 Å². The summed E-state index contributed by atoms with van der Waals surface area (Å²) in [7, 11) is 1.58. The lowest BCUT2D eigenvalue weighted by Crippen LogP contribution is -2.41. The van der Waals surface area contributed by atoms with Crippen LogP contribution in [0.1, 0.15) is 57.8 Å². The van der Waals surface area contributed by atoms with Gasteiger partial charge in [0.25, 0.3) is 5.56 Å². The minimum absolute atomic E-state index is 0.206. The van der Waals surface area contributed by atoms with Gasteiger partial charge in [-0.3, -0.25) is 9.36 Å². The average Bonchev–Trinajstić information content (AvgIpc) is 2.96. The number of urea groups is 1. The van der Waals surface area contributed by atoms with Crippen LogP contribution < -0.4 is 15.6 Å². The van der Waals surface area contributed by atoms with Crippen LogP contribution in [0.3, 0.4) is 0 Å². The minimum atomic E-state index is -0.471. The molecule has 4 rings (SSSR count). The van der Waals surface area contributed by atoms with Gasteiger partial charge in [0, 0.05) is 17.3 Å². The van der Waals surface area contributed by atoms with Gasteiger partial charge < -0.3 is 15.0 Å². The van der Waals surface area contributed by atoms with E-state index in [2.05, 4.69) is 12.2 Å². The third-order valence-corrected chi connectivity index (χ3v) is 7.05. The SMILES string of the molecule is CCCCCCN(C(=O)Nc1ccc(Cl)cc1)C(CC)c1nc2ccccc2c(=O)n1-c1ccccc1OC. The summed E-state index contributed by atoms with van der Waals surface area (Å²) >= 11 is 6.05. The van der Waals surface area contributed by atoms with Crippen molar-refractivity contribution in [2.24, 2.45) is 0 Å². The smallest absolute Gasteiger partial charge is 0.322 e. The van der Waals surface area contributed by atoms with E-state index in [-0.39, 0.29) is 11.6 Å². The molecule has 3 aromatic carbocycles. The number of hydrogen-bond donors (Lipinski definition) is 1. The maximum Gasteiger partial charge on any atom is 0.322 e. The highest BCUT2D eigenvalue weighted by molar-refractivity contribution is 6.30. The number of carbonyl (C=O) groups is 1. The summed E-state index contributed by atoms with van der Waals surface area (Å²) in [4.78, 5) is 34.6. The van der Waals surface area contributed by atoms with Gasteiger partial charge in [-0.05, 0) is 61.4 Å². The predicted octanol–water partition coefficient (Wildman–Crippen LogP) is 7.61. The zero-order valence-electron chi connectivity index (χ0n) is 22.7. The van der Waals surface area contributed by atoms with Crippen LogP contribution in [0.5, 0.6) is 5.75 Å². The highest BCUT2D eigenvalue weighted by Gasteiger charge is 2.29. The number of halogens is 1. The van der Waals surface area contributed by atoms with Crippen molar-refractivity contribution in [1.29, 1.82) is 0 Å². The Bertz CT molecular complexity index is 1470. The molecule has 8 heteroatoms. The molecular formula is C31H35ClN4O3. The van der Waals surface area contributed by atoms with Crippen molar-refractivity contribution in [1.82, 2.24) is 14.5 Å². The highest BCUT2D eigenvalue weighted by Crippen LogP contribution is 2.30. The molecule has 0 spiro atoms. The number of anilines is 1. The molecule has 1 N–H and O–H groups in total. The minimum Gasteiger partial charge on any atom is -0.495 e. The first-order chi connectivity index (χ1) is 19.0. The second-order valence-corrected chi connectivity index (χ2v) is 9.85. The van der Waals surface area contributed by atoms with Crippen molar-refractivity contribution in [2.75, 3.05) is 19.0 Å². The Morgan fingerprint density at radius 2 is 1.72 bits per heavy atom. The molecule has 1 unspecified atom stereocenters. The van der Waals surface area contributed by atoms with E-state index in [0.29, 0.717) is 51.8 Å². The summed E-state index contributed by atoms with van der Waals surface area (Å²) in [5, 5.41) is 4.11. The van der Waals surface area contributed by atoms with E-state index in [1.807, 2.05) is 49.4 Å². The highest BCUT2D eigenvalue weighted by atomic mass is 35.5. The summed E-state index contributed by atoms with van der Waals surface area (Å²) in [6, 6.07) is 21.0. The molecule has 0 saturated carbocycles. The molecule has 1 heterocycles. The van der Waals surface area contributed by atoms with Gasteiger partial charge in [0.05, 0.1) is 29.7 Å². The van der Waals surface area contributed by atoms with Crippen molar-refractivity contribution in [3.05, 3.63) is 94.0 Å². The van der Waals surface area contributed by atoms with E-state index < -0.39 is 6.04 Å². The summed E-state index contributed by atoms with van der Waals surface area (Å²) in [5.74, 6) is 1.04. The summed E-state index contributed by atoms with van der Waals surface area (Å²) in [6.07, 6.45) is 4.58. The molecule has 0 aliphatic rings. The summed E-state index contributed by atoms with van der Waals surface area (Å²) in [6.45, 7) is 4.69. The number of amides is 2. The van der Waals surface area contributed by atoms with E-state index in [0.717, 1.165) is 25.7 Å². The van der Waals surface area contributed by atoms with Crippen LogP contribution in [-0.2, 0) is 0 Å². The second-order valence-electron chi connectivity index (χ2n) is 9.41. The first-order valence-electron chi connectivity index (χ1n) is 13.5. The number of ether oxygens (including phenoxy) is 1. The first-order valence-corrected chi connectivity index (χ1v) is 13.8. The maximum absolute atomic E-state index is 14.0. The van der Waals surface area contributed by atoms with E-state index >= 15 is 0 Å². The largest absolute Gasteiger partial charge is 0.495 e. The van der Waals surface area contributed by atoms with Gasteiger partial charge >= 0.3 is 6.03 Å². The molecule has 7 nitrogen and oxygen atoms in total. The number of carbonyl (C=O) groups excluding carboxylic acids is 1. The fraction of sp³-hybridized carbons (Fsp3) is 0.323. The Morgan fingerprint density at radius 1 is 1.00 bits per heavy atom. The van der Waals surface area contributed by atoms with Crippen molar-refractivity contribution in [3.8, 4) is 11.4 Å². The molecule has 4 aromatic rings. The van der Waals surface area contributed by atoms with Crippen LogP contribution >= 0.6 is 11.6 Å². The number of benzene rings is 3. The Hall–Kier alpha value is -3.84. The van der Waals surface area contributed by atoms with Crippen molar-refractivity contribution in [3.63, 3.8) is 0 Å². The van der Waals surface area contributed by atoms with Gasteiger partial charge in [-0.25, -0.2) is 9.78 Å². The Labute approximate surface area is 234 Å². The number of hydrogen-bond acceptors (Lipinski definition) is 4. The Kier molecular flexibility index (Phi) is 9.60. The van der Waals surface area contributed by atoms with Crippen molar-refractivity contribution < 1.29 is 9.53 Å². The zero-order chi connectivity index (χ0) is 27.8. The topological polar surface area (TPSA) is 76.5 Å². The van der Waals surface area contributed by atoms with Gasteiger partial charge in [-0.1, -0.05) is 69.0 Å². The quantitative estimate of drug-likeness (QED) is 0.196. The molecule has 39 heavy (non-hydrogen) atoms. The molecule has 0 fully saturated rings. The number of para-hydroxylation sites is 3. The average molecular weight is 547 g/mol. The molecule has 1 atom stereocenters. The fourth-order valence-electron chi connectivity index (χ4n) is 4.80. The Balaban J connectivity index is 1.86. The molecule has 204 valence electrons. The maximum atomic E-state index is 14.0. The van der Waals surface area contributed by atoms with E-state index in [4.69, 9.17) is 21.3 Å². The molecule has 0 radical (unpaired) electrons. The lowest BCUT2D eigenvalue weighted by atomic mass is 10.1. The first kappa shape index (κ1) is 28.2. The molecule has 0 bridgehead atoms. The number of nitrogens with zero attached hydrogens (tertiary/aromatic N) is 3. The third kappa shape index (κ3) is 6.42. The number of unbranched alkanes of at least 4 members (excludes halogenated alkanes) is 3. The van der Waals surface area contributed by atoms with E-state index in [1.165, 1.54) is 0 Å². The number of nitrogens with one attached hydrogen (secondary N) is 1. The number of rotatable bonds is 11. The molecule has 2 amide bonds.